The lowest BCUT2D eigenvalue weighted by Crippen LogP contribution is -2.44. The predicted octanol–water partition coefficient (Wildman–Crippen LogP) is 1.47. The van der Waals surface area contributed by atoms with Gasteiger partial charge < -0.3 is 19.3 Å². The molecule has 2 fully saturated rings. The number of hydrogen-bond donors (Lipinski definition) is 0. The highest BCUT2D eigenvalue weighted by Crippen LogP contribution is 2.18. The summed E-state index contributed by atoms with van der Waals surface area (Å²) in [4.78, 5) is 33.1. The predicted molar refractivity (Wildman–Crippen MR) is 99.8 cm³/mol. The smallest absolute Gasteiger partial charge is 0.252 e. The molecule has 0 bridgehead atoms. The van der Waals surface area contributed by atoms with Gasteiger partial charge in [0.1, 0.15) is 6.10 Å². The minimum absolute atomic E-state index is 0.0254. The van der Waals surface area contributed by atoms with E-state index in [1.54, 1.807) is 17.3 Å². The molecular weight excluding hydrogens is 346 g/mol. The molecule has 7 nitrogen and oxygen atoms in total. The van der Waals surface area contributed by atoms with Gasteiger partial charge in [0.15, 0.2) is 0 Å². The van der Waals surface area contributed by atoms with E-state index in [0.717, 1.165) is 18.4 Å². The number of ether oxygens (including phenoxy) is 2. The molecule has 3 heterocycles. The monoisotopic (exact) mass is 375 g/mol. The molecule has 27 heavy (non-hydrogen) atoms. The van der Waals surface area contributed by atoms with Crippen molar-refractivity contribution in [2.75, 3.05) is 32.8 Å². The molecule has 0 aliphatic carbocycles. The van der Waals surface area contributed by atoms with Crippen molar-refractivity contribution in [3.63, 3.8) is 0 Å². The van der Waals surface area contributed by atoms with Crippen molar-refractivity contribution >= 4 is 11.8 Å². The van der Waals surface area contributed by atoms with Gasteiger partial charge in [-0.1, -0.05) is 19.9 Å². The second-order valence-electron chi connectivity index (χ2n) is 7.71. The molecule has 2 amide bonds. The molecule has 1 aromatic rings. The molecule has 0 spiro atoms. The molecule has 2 saturated heterocycles. The van der Waals surface area contributed by atoms with Crippen LogP contribution < -0.4 is 0 Å². The summed E-state index contributed by atoms with van der Waals surface area (Å²) in [5.74, 6) is 0.234. The Kier molecular flexibility index (Phi) is 6.79. The molecule has 0 radical (unpaired) electrons. The molecule has 0 aromatic carbocycles. The highest BCUT2D eigenvalue weighted by Gasteiger charge is 2.35. The van der Waals surface area contributed by atoms with E-state index in [2.05, 4.69) is 18.8 Å². The van der Waals surface area contributed by atoms with Gasteiger partial charge in [-0.3, -0.25) is 14.6 Å². The van der Waals surface area contributed by atoms with Crippen molar-refractivity contribution in [2.45, 2.75) is 45.5 Å². The minimum atomic E-state index is -0.423. The summed E-state index contributed by atoms with van der Waals surface area (Å²) in [6, 6.07) is 3.82. The van der Waals surface area contributed by atoms with Crippen molar-refractivity contribution in [1.82, 2.24) is 14.8 Å². The van der Waals surface area contributed by atoms with Crippen LogP contribution in [0.15, 0.2) is 24.5 Å². The second-order valence-corrected chi connectivity index (χ2v) is 7.71. The van der Waals surface area contributed by atoms with E-state index in [1.165, 1.54) is 0 Å². The van der Waals surface area contributed by atoms with Crippen LogP contribution in [0.1, 0.15) is 32.3 Å². The Morgan fingerprint density at radius 2 is 2.26 bits per heavy atom. The number of amides is 2. The third kappa shape index (κ3) is 5.49. The van der Waals surface area contributed by atoms with E-state index in [0.29, 0.717) is 38.8 Å². The van der Waals surface area contributed by atoms with E-state index >= 15 is 0 Å². The fourth-order valence-electron chi connectivity index (χ4n) is 3.54. The average molecular weight is 375 g/mol. The molecule has 0 saturated carbocycles. The summed E-state index contributed by atoms with van der Waals surface area (Å²) in [7, 11) is 0. The molecule has 3 rings (SSSR count). The van der Waals surface area contributed by atoms with Gasteiger partial charge in [0.25, 0.3) is 5.91 Å². The number of aromatic nitrogens is 1. The van der Waals surface area contributed by atoms with Gasteiger partial charge in [-0.2, -0.15) is 0 Å². The van der Waals surface area contributed by atoms with E-state index in [1.807, 2.05) is 17.0 Å². The van der Waals surface area contributed by atoms with Crippen LogP contribution >= 0.6 is 0 Å². The van der Waals surface area contributed by atoms with Gasteiger partial charge in [0.2, 0.25) is 5.91 Å². The molecule has 2 unspecified atom stereocenters. The average Bonchev–Trinajstić information content (AvgIpc) is 3.14. The van der Waals surface area contributed by atoms with Crippen LogP contribution in [0.2, 0.25) is 0 Å². The Labute approximate surface area is 160 Å². The lowest BCUT2D eigenvalue weighted by molar-refractivity contribution is -0.145. The van der Waals surface area contributed by atoms with Crippen molar-refractivity contribution in [3.05, 3.63) is 30.1 Å². The second kappa shape index (κ2) is 9.28. The van der Waals surface area contributed by atoms with Crippen LogP contribution in [0.5, 0.6) is 0 Å². The number of rotatable bonds is 6. The van der Waals surface area contributed by atoms with Gasteiger partial charge in [-0.15, -0.1) is 0 Å². The Bertz CT molecular complexity index is 631. The summed E-state index contributed by atoms with van der Waals surface area (Å²) < 4.78 is 11.6. The number of carbonyl (C=O) groups excluding carboxylic acids is 2. The van der Waals surface area contributed by atoms with Crippen LogP contribution in [-0.4, -0.2) is 71.6 Å². The lowest BCUT2D eigenvalue weighted by Gasteiger charge is -2.26. The third-order valence-corrected chi connectivity index (χ3v) is 4.84. The van der Waals surface area contributed by atoms with Crippen LogP contribution in [0.3, 0.4) is 0 Å². The highest BCUT2D eigenvalue weighted by atomic mass is 16.5. The lowest BCUT2D eigenvalue weighted by atomic mass is 10.2. The summed E-state index contributed by atoms with van der Waals surface area (Å²) in [5.41, 5.74) is 0.973. The summed E-state index contributed by atoms with van der Waals surface area (Å²) in [6.07, 6.45) is 4.44. The van der Waals surface area contributed by atoms with E-state index < -0.39 is 6.10 Å². The number of hydrogen-bond acceptors (Lipinski definition) is 5. The molecule has 148 valence electrons. The normalized spacial score (nSPS) is 23.7. The Balaban J connectivity index is 1.70. The first-order chi connectivity index (χ1) is 13.0. The first kappa shape index (κ1) is 19.8. The summed E-state index contributed by atoms with van der Waals surface area (Å²) in [5, 5.41) is 0. The Morgan fingerprint density at radius 1 is 1.41 bits per heavy atom. The van der Waals surface area contributed by atoms with Gasteiger partial charge in [-0.25, -0.2) is 0 Å². The van der Waals surface area contributed by atoms with Crippen molar-refractivity contribution in [2.24, 2.45) is 5.92 Å². The maximum atomic E-state index is 12.8. The fraction of sp³-hybridized carbons (Fsp3) is 0.650. The molecular formula is C20H29N3O4. The SMILES string of the molecule is CC(C)CN1CC(OCc2cccnc2)CN(C(=O)C2CCCO2)CC1=O. The van der Waals surface area contributed by atoms with Gasteiger partial charge in [0, 0.05) is 38.6 Å². The van der Waals surface area contributed by atoms with Crippen LogP contribution in [0.25, 0.3) is 0 Å². The number of pyridine rings is 1. The Hall–Kier alpha value is -1.99. The maximum absolute atomic E-state index is 12.8. The quantitative estimate of drug-likeness (QED) is 0.753. The molecule has 2 aliphatic heterocycles. The van der Waals surface area contributed by atoms with Crippen LogP contribution in [0.4, 0.5) is 0 Å². The highest BCUT2D eigenvalue weighted by molar-refractivity contribution is 5.87. The van der Waals surface area contributed by atoms with E-state index in [9.17, 15) is 9.59 Å². The number of carbonyl (C=O) groups is 2. The largest absolute Gasteiger partial charge is 0.370 e. The first-order valence-corrected chi connectivity index (χ1v) is 9.71. The number of nitrogens with zero attached hydrogens (tertiary/aromatic N) is 3. The Morgan fingerprint density at radius 3 is 2.93 bits per heavy atom. The minimum Gasteiger partial charge on any atom is -0.370 e. The zero-order valence-electron chi connectivity index (χ0n) is 16.2. The molecule has 2 atom stereocenters. The maximum Gasteiger partial charge on any atom is 0.252 e. The van der Waals surface area contributed by atoms with Gasteiger partial charge in [0.05, 0.1) is 19.3 Å². The zero-order valence-corrected chi connectivity index (χ0v) is 16.2. The summed E-state index contributed by atoms with van der Waals surface area (Å²) in [6.45, 7) is 6.83. The molecule has 0 N–H and O–H groups in total. The van der Waals surface area contributed by atoms with E-state index in [4.69, 9.17) is 9.47 Å². The van der Waals surface area contributed by atoms with Crippen LogP contribution in [0, 0.1) is 5.92 Å². The van der Waals surface area contributed by atoms with Crippen molar-refractivity contribution < 1.29 is 19.1 Å². The van der Waals surface area contributed by atoms with Crippen molar-refractivity contribution in [1.29, 1.82) is 0 Å². The fourth-order valence-corrected chi connectivity index (χ4v) is 3.54. The van der Waals surface area contributed by atoms with Crippen LogP contribution in [-0.2, 0) is 25.7 Å². The molecule has 1 aromatic heterocycles. The molecule has 7 heteroatoms. The van der Waals surface area contributed by atoms with Crippen molar-refractivity contribution in [3.8, 4) is 0 Å². The standard InChI is InChI=1S/C20H29N3O4/c1-15(2)10-22-11-17(27-14-16-5-3-7-21-9-16)12-23(13-19(22)24)20(25)18-6-4-8-26-18/h3,5,7,9,15,17-18H,4,6,8,10-14H2,1-2H3. The van der Waals surface area contributed by atoms with Gasteiger partial charge in [-0.05, 0) is 30.4 Å². The first-order valence-electron chi connectivity index (χ1n) is 9.71. The van der Waals surface area contributed by atoms with E-state index in [-0.39, 0.29) is 24.5 Å². The van der Waals surface area contributed by atoms with Gasteiger partial charge >= 0.3 is 0 Å². The topological polar surface area (TPSA) is 72.0 Å². The summed E-state index contributed by atoms with van der Waals surface area (Å²) >= 11 is 0. The molecule has 2 aliphatic rings. The third-order valence-electron chi connectivity index (χ3n) is 4.84. The zero-order chi connectivity index (χ0) is 19.2.